The largest absolute Gasteiger partial charge is 0.290 e. The van der Waals surface area contributed by atoms with Gasteiger partial charge in [0, 0.05) is 6.20 Å². The lowest BCUT2D eigenvalue weighted by molar-refractivity contribution is 0.984. The Bertz CT molecular complexity index is 422. The summed E-state index contributed by atoms with van der Waals surface area (Å²) >= 11 is 3.32. The average molecular weight is 238 g/mol. The maximum atomic E-state index is 4.30. The molecular weight excluding hydrogens is 230 g/mol. The van der Waals surface area contributed by atoms with Crippen molar-refractivity contribution in [3.63, 3.8) is 0 Å². The number of nitrogens with zero attached hydrogens (tertiary/aromatic N) is 3. The summed E-state index contributed by atoms with van der Waals surface area (Å²) in [5.74, 6) is 0.870. The minimum atomic E-state index is 0.830. The Morgan fingerprint density at radius 1 is 1.38 bits per heavy atom. The summed E-state index contributed by atoms with van der Waals surface area (Å²) in [4.78, 5) is 8.43. The molecule has 2 rings (SSSR count). The SMILES string of the molecule is Cc1cn(-c2cccc(Br)n2)cn1. The molecule has 2 heterocycles. The van der Waals surface area contributed by atoms with Crippen LogP contribution in [0.5, 0.6) is 0 Å². The molecule has 0 radical (unpaired) electrons. The molecule has 13 heavy (non-hydrogen) atoms. The molecule has 0 saturated carbocycles. The maximum Gasteiger partial charge on any atom is 0.139 e. The highest BCUT2D eigenvalue weighted by atomic mass is 79.9. The standard InChI is InChI=1S/C9H8BrN3/c1-7-5-13(6-11-7)9-4-2-3-8(10)12-9/h2-6H,1H3. The lowest BCUT2D eigenvalue weighted by Gasteiger charge is -1.99. The first-order chi connectivity index (χ1) is 6.25. The summed E-state index contributed by atoms with van der Waals surface area (Å²) in [6, 6.07) is 5.78. The monoisotopic (exact) mass is 237 g/mol. The van der Waals surface area contributed by atoms with Crippen LogP contribution in [0.2, 0.25) is 0 Å². The number of aromatic nitrogens is 3. The summed E-state index contributed by atoms with van der Waals surface area (Å²) < 4.78 is 2.72. The highest BCUT2D eigenvalue weighted by Gasteiger charge is 1.98. The van der Waals surface area contributed by atoms with E-state index in [0.29, 0.717) is 0 Å². The zero-order valence-corrected chi connectivity index (χ0v) is 8.69. The Kier molecular flexibility index (Phi) is 2.14. The minimum Gasteiger partial charge on any atom is -0.290 e. The smallest absolute Gasteiger partial charge is 0.139 e. The second-order valence-electron chi connectivity index (χ2n) is 2.74. The van der Waals surface area contributed by atoms with Gasteiger partial charge in [0.25, 0.3) is 0 Å². The average Bonchev–Trinajstić information content (AvgIpc) is 2.52. The fourth-order valence-electron chi connectivity index (χ4n) is 1.09. The van der Waals surface area contributed by atoms with E-state index in [1.54, 1.807) is 6.33 Å². The maximum absolute atomic E-state index is 4.30. The molecule has 0 N–H and O–H groups in total. The van der Waals surface area contributed by atoms with Crippen LogP contribution in [0.4, 0.5) is 0 Å². The highest BCUT2D eigenvalue weighted by molar-refractivity contribution is 9.10. The Labute approximate surface area is 84.6 Å². The van der Waals surface area contributed by atoms with Gasteiger partial charge in [0.05, 0.1) is 5.69 Å². The predicted octanol–water partition coefficient (Wildman–Crippen LogP) is 2.34. The van der Waals surface area contributed by atoms with Gasteiger partial charge in [-0.1, -0.05) is 6.07 Å². The number of hydrogen-bond donors (Lipinski definition) is 0. The molecule has 2 aromatic heterocycles. The molecule has 0 amide bonds. The van der Waals surface area contributed by atoms with Crippen molar-refractivity contribution in [1.82, 2.24) is 14.5 Å². The molecule has 2 aromatic rings. The molecule has 0 aliphatic heterocycles. The van der Waals surface area contributed by atoms with E-state index < -0.39 is 0 Å². The Morgan fingerprint density at radius 2 is 2.23 bits per heavy atom. The third-order valence-electron chi connectivity index (χ3n) is 1.68. The lowest BCUT2D eigenvalue weighted by atomic mass is 10.4. The number of imidazole rings is 1. The summed E-state index contributed by atoms with van der Waals surface area (Å²) in [5.41, 5.74) is 0.988. The van der Waals surface area contributed by atoms with Crippen LogP contribution in [-0.4, -0.2) is 14.5 Å². The molecule has 66 valence electrons. The lowest BCUT2D eigenvalue weighted by Crippen LogP contribution is -1.93. The summed E-state index contributed by atoms with van der Waals surface area (Å²) in [6.07, 6.45) is 3.69. The van der Waals surface area contributed by atoms with Crippen LogP contribution in [0.15, 0.2) is 35.3 Å². The van der Waals surface area contributed by atoms with Crippen LogP contribution in [0.3, 0.4) is 0 Å². The summed E-state index contributed by atoms with van der Waals surface area (Å²) in [7, 11) is 0. The minimum absolute atomic E-state index is 0.830. The first kappa shape index (κ1) is 8.44. The number of aryl methyl sites for hydroxylation is 1. The molecule has 0 atom stereocenters. The fraction of sp³-hybridized carbons (Fsp3) is 0.111. The second kappa shape index (κ2) is 3.30. The van der Waals surface area contributed by atoms with Gasteiger partial charge >= 0.3 is 0 Å². The molecule has 0 bridgehead atoms. The van der Waals surface area contributed by atoms with E-state index in [9.17, 15) is 0 Å². The number of pyridine rings is 1. The quantitative estimate of drug-likeness (QED) is 0.714. The van der Waals surface area contributed by atoms with E-state index in [4.69, 9.17) is 0 Å². The van der Waals surface area contributed by atoms with Gasteiger partial charge in [0.1, 0.15) is 16.7 Å². The summed E-state index contributed by atoms with van der Waals surface area (Å²) in [5, 5.41) is 0. The fourth-order valence-corrected chi connectivity index (χ4v) is 1.42. The van der Waals surface area contributed by atoms with Gasteiger partial charge in [-0.3, -0.25) is 4.57 Å². The molecular formula is C9H8BrN3. The Hall–Kier alpha value is -1.16. The van der Waals surface area contributed by atoms with Crippen LogP contribution in [0, 0.1) is 6.92 Å². The normalized spacial score (nSPS) is 10.3. The van der Waals surface area contributed by atoms with E-state index in [1.807, 2.05) is 35.9 Å². The van der Waals surface area contributed by atoms with Crippen molar-refractivity contribution in [2.75, 3.05) is 0 Å². The molecule has 0 aliphatic rings. The number of halogens is 1. The molecule has 4 heteroatoms. The van der Waals surface area contributed by atoms with Gasteiger partial charge < -0.3 is 0 Å². The molecule has 0 aromatic carbocycles. The van der Waals surface area contributed by atoms with Gasteiger partial charge in [-0.05, 0) is 35.0 Å². The van der Waals surface area contributed by atoms with Crippen molar-refractivity contribution < 1.29 is 0 Å². The van der Waals surface area contributed by atoms with Crippen LogP contribution in [-0.2, 0) is 0 Å². The van der Waals surface area contributed by atoms with Crippen molar-refractivity contribution in [2.24, 2.45) is 0 Å². The van der Waals surface area contributed by atoms with Crippen molar-refractivity contribution in [1.29, 1.82) is 0 Å². The third kappa shape index (κ3) is 1.78. The van der Waals surface area contributed by atoms with E-state index in [1.165, 1.54) is 0 Å². The Balaban J connectivity index is 2.46. The molecule has 0 spiro atoms. The highest BCUT2D eigenvalue weighted by Crippen LogP contribution is 2.10. The van der Waals surface area contributed by atoms with Crippen LogP contribution >= 0.6 is 15.9 Å². The zero-order chi connectivity index (χ0) is 9.26. The molecule has 0 fully saturated rings. The predicted molar refractivity (Wildman–Crippen MR) is 53.8 cm³/mol. The molecule has 3 nitrogen and oxygen atoms in total. The molecule has 0 saturated heterocycles. The van der Waals surface area contributed by atoms with E-state index in [0.717, 1.165) is 16.1 Å². The van der Waals surface area contributed by atoms with Gasteiger partial charge in [-0.15, -0.1) is 0 Å². The van der Waals surface area contributed by atoms with E-state index in [-0.39, 0.29) is 0 Å². The molecule has 0 unspecified atom stereocenters. The van der Waals surface area contributed by atoms with E-state index in [2.05, 4.69) is 25.9 Å². The Morgan fingerprint density at radius 3 is 2.85 bits per heavy atom. The van der Waals surface area contributed by atoms with Crippen LogP contribution in [0.1, 0.15) is 5.69 Å². The topological polar surface area (TPSA) is 30.7 Å². The van der Waals surface area contributed by atoms with Crippen LogP contribution in [0.25, 0.3) is 5.82 Å². The zero-order valence-electron chi connectivity index (χ0n) is 7.11. The first-order valence-electron chi connectivity index (χ1n) is 3.89. The van der Waals surface area contributed by atoms with Crippen molar-refractivity contribution >= 4 is 15.9 Å². The van der Waals surface area contributed by atoms with Gasteiger partial charge in [-0.25, -0.2) is 9.97 Å². The van der Waals surface area contributed by atoms with E-state index >= 15 is 0 Å². The van der Waals surface area contributed by atoms with Crippen molar-refractivity contribution in [3.05, 3.63) is 41.0 Å². The van der Waals surface area contributed by atoms with Crippen molar-refractivity contribution in [2.45, 2.75) is 6.92 Å². The third-order valence-corrected chi connectivity index (χ3v) is 2.12. The van der Waals surface area contributed by atoms with Gasteiger partial charge in [0.2, 0.25) is 0 Å². The number of hydrogen-bond acceptors (Lipinski definition) is 2. The van der Waals surface area contributed by atoms with Crippen molar-refractivity contribution in [3.8, 4) is 5.82 Å². The first-order valence-corrected chi connectivity index (χ1v) is 4.68. The van der Waals surface area contributed by atoms with Crippen LogP contribution < -0.4 is 0 Å². The van der Waals surface area contributed by atoms with Gasteiger partial charge in [-0.2, -0.15) is 0 Å². The van der Waals surface area contributed by atoms with Gasteiger partial charge in [0.15, 0.2) is 0 Å². The second-order valence-corrected chi connectivity index (χ2v) is 3.55. The summed E-state index contributed by atoms with van der Waals surface area (Å²) in [6.45, 7) is 1.95. The molecule has 0 aliphatic carbocycles. The number of rotatable bonds is 1.